The van der Waals surface area contributed by atoms with Crippen LogP contribution in [0.5, 0.6) is 0 Å². The van der Waals surface area contributed by atoms with E-state index in [0.717, 1.165) is 12.8 Å². The van der Waals surface area contributed by atoms with Gasteiger partial charge < -0.3 is 10.8 Å². The average Bonchev–Trinajstić information content (AvgIpc) is 2.27. The number of nitrogens with zero attached hydrogens (tertiary/aromatic N) is 1. The Morgan fingerprint density at radius 2 is 2.16 bits per heavy atom. The molecule has 0 bridgehead atoms. The van der Waals surface area contributed by atoms with Crippen LogP contribution >= 0.6 is 0 Å². The average molecular weight is 293 g/mol. The number of aliphatic carboxylic acids is 1. The third-order valence-electron chi connectivity index (χ3n) is 2.95. The van der Waals surface area contributed by atoms with Crippen LogP contribution in [0, 0.1) is 5.92 Å². The van der Waals surface area contributed by atoms with Gasteiger partial charge in [0.15, 0.2) is 0 Å². The van der Waals surface area contributed by atoms with Gasteiger partial charge in [0.05, 0.1) is 6.42 Å². The minimum absolute atomic E-state index is 0.227. The van der Waals surface area contributed by atoms with E-state index in [2.05, 4.69) is 0 Å². The Morgan fingerprint density at radius 3 is 2.63 bits per heavy atom. The number of carbonyl (C=O) groups is 2. The molecule has 8 nitrogen and oxygen atoms in total. The zero-order valence-corrected chi connectivity index (χ0v) is 11.5. The SMILES string of the molecule is CC1CCCN(S(=O)(=O)N[C@H](CC(N)=O)C(=O)O)C1. The summed E-state index contributed by atoms with van der Waals surface area (Å²) in [6, 6.07) is -1.53. The van der Waals surface area contributed by atoms with Crippen molar-refractivity contribution in [3.8, 4) is 0 Å². The number of piperidine rings is 1. The summed E-state index contributed by atoms with van der Waals surface area (Å²) in [4.78, 5) is 21.6. The summed E-state index contributed by atoms with van der Waals surface area (Å²) in [5, 5.41) is 8.88. The molecule has 19 heavy (non-hydrogen) atoms. The van der Waals surface area contributed by atoms with Gasteiger partial charge in [0.2, 0.25) is 5.91 Å². The number of carboxylic acid groups (broad SMARTS) is 1. The van der Waals surface area contributed by atoms with E-state index in [1.165, 1.54) is 4.31 Å². The molecular formula is C10H19N3O5S. The molecule has 1 aliphatic rings. The summed E-state index contributed by atoms with van der Waals surface area (Å²) in [6.45, 7) is 2.63. The van der Waals surface area contributed by atoms with Gasteiger partial charge in [0.25, 0.3) is 10.2 Å². The fourth-order valence-electron chi connectivity index (χ4n) is 2.00. The lowest BCUT2D eigenvalue weighted by molar-refractivity contribution is -0.140. The molecule has 0 radical (unpaired) electrons. The predicted molar refractivity (Wildman–Crippen MR) is 67.3 cm³/mol. The number of nitrogens with one attached hydrogen (secondary N) is 1. The first-order valence-corrected chi connectivity index (χ1v) is 7.45. The largest absolute Gasteiger partial charge is 0.480 e. The third kappa shape index (κ3) is 4.77. The van der Waals surface area contributed by atoms with Crippen molar-refractivity contribution in [2.75, 3.05) is 13.1 Å². The van der Waals surface area contributed by atoms with Crippen molar-refractivity contribution >= 4 is 22.1 Å². The molecule has 0 aliphatic carbocycles. The van der Waals surface area contributed by atoms with Crippen LogP contribution in [0.1, 0.15) is 26.2 Å². The Kier molecular flexibility index (Phi) is 5.27. The predicted octanol–water partition coefficient (Wildman–Crippen LogP) is -1.12. The highest BCUT2D eigenvalue weighted by Crippen LogP contribution is 2.18. The number of primary amides is 1. The Balaban J connectivity index is 2.75. The first kappa shape index (κ1) is 15.9. The molecule has 110 valence electrons. The second-order valence-electron chi connectivity index (χ2n) is 4.79. The summed E-state index contributed by atoms with van der Waals surface area (Å²) >= 11 is 0. The lowest BCUT2D eigenvalue weighted by Gasteiger charge is -2.30. The molecule has 1 fully saturated rings. The minimum Gasteiger partial charge on any atom is -0.480 e. The van der Waals surface area contributed by atoms with Crippen LogP contribution in [0.3, 0.4) is 0 Å². The molecule has 2 atom stereocenters. The normalized spacial score (nSPS) is 22.9. The van der Waals surface area contributed by atoms with E-state index in [4.69, 9.17) is 10.8 Å². The molecule has 0 aromatic heterocycles. The smallest absolute Gasteiger partial charge is 0.322 e. The molecule has 0 saturated carbocycles. The lowest BCUT2D eigenvalue weighted by atomic mass is 10.0. The van der Waals surface area contributed by atoms with Crippen LogP contribution in [0.4, 0.5) is 0 Å². The van der Waals surface area contributed by atoms with E-state index in [9.17, 15) is 18.0 Å². The van der Waals surface area contributed by atoms with Crippen molar-refractivity contribution < 1.29 is 23.1 Å². The molecule has 1 aliphatic heterocycles. The monoisotopic (exact) mass is 293 g/mol. The molecule has 1 unspecified atom stereocenters. The van der Waals surface area contributed by atoms with Gasteiger partial charge in [-0.1, -0.05) is 6.92 Å². The summed E-state index contributed by atoms with van der Waals surface area (Å²) in [6.07, 6.45) is 1.10. The Morgan fingerprint density at radius 1 is 1.53 bits per heavy atom. The van der Waals surface area contributed by atoms with Crippen molar-refractivity contribution in [2.45, 2.75) is 32.2 Å². The summed E-state index contributed by atoms with van der Waals surface area (Å²) in [5.74, 6) is -2.07. The zero-order valence-electron chi connectivity index (χ0n) is 10.7. The minimum atomic E-state index is -3.91. The van der Waals surface area contributed by atoms with Gasteiger partial charge in [-0.05, 0) is 18.8 Å². The highest BCUT2D eigenvalue weighted by molar-refractivity contribution is 7.87. The molecule has 0 aromatic carbocycles. The van der Waals surface area contributed by atoms with Crippen LogP contribution in [-0.2, 0) is 19.8 Å². The fourth-order valence-corrected chi connectivity index (χ4v) is 3.51. The number of hydrogen-bond donors (Lipinski definition) is 3. The van der Waals surface area contributed by atoms with Crippen LogP contribution in [0.25, 0.3) is 0 Å². The molecule has 1 heterocycles. The van der Waals surface area contributed by atoms with E-state index in [1.54, 1.807) is 0 Å². The highest BCUT2D eigenvalue weighted by Gasteiger charge is 2.32. The Labute approximate surface area is 112 Å². The molecular weight excluding hydrogens is 274 g/mol. The van der Waals surface area contributed by atoms with Crippen molar-refractivity contribution in [2.24, 2.45) is 11.7 Å². The molecule has 9 heteroatoms. The van der Waals surface area contributed by atoms with Crippen LogP contribution in [-0.4, -0.2) is 48.8 Å². The molecule has 1 amide bonds. The number of nitrogens with two attached hydrogens (primary N) is 1. The Hall–Kier alpha value is -1.19. The zero-order chi connectivity index (χ0) is 14.6. The maximum atomic E-state index is 12.0. The van der Waals surface area contributed by atoms with Gasteiger partial charge in [-0.25, -0.2) is 0 Å². The number of amides is 1. The molecule has 1 saturated heterocycles. The van der Waals surface area contributed by atoms with Crippen molar-refractivity contribution in [3.63, 3.8) is 0 Å². The van der Waals surface area contributed by atoms with Gasteiger partial charge in [-0.2, -0.15) is 17.4 Å². The fraction of sp³-hybridized carbons (Fsp3) is 0.800. The topological polar surface area (TPSA) is 130 Å². The molecule has 4 N–H and O–H groups in total. The van der Waals surface area contributed by atoms with E-state index >= 15 is 0 Å². The van der Waals surface area contributed by atoms with Crippen molar-refractivity contribution in [1.82, 2.24) is 9.03 Å². The number of carboxylic acids is 1. The molecule has 1 rings (SSSR count). The van der Waals surface area contributed by atoms with Gasteiger partial charge in [0.1, 0.15) is 6.04 Å². The third-order valence-corrected chi connectivity index (χ3v) is 4.55. The second-order valence-corrected chi connectivity index (χ2v) is 6.49. The maximum Gasteiger partial charge on any atom is 0.322 e. The lowest BCUT2D eigenvalue weighted by Crippen LogP contribution is -2.51. The van der Waals surface area contributed by atoms with Gasteiger partial charge in [0, 0.05) is 13.1 Å². The highest BCUT2D eigenvalue weighted by atomic mass is 32.2. The second kappa shape index (κ2) is 6.31. The standard InChI is InChI=1S/C10H19N3O5S/c1-7-3-2-4-13(6-7)19(17,18)12-8(10(15)16)5-9(11)14/h7-8,12H,2-6H2,1H3,(H2,11,14)(H,15,16)/t7?,8-/m1/s1. The van der Waals surface area contributed by atoms with Crippen molar-refractivity contribution in [3.05, 3.63) is 0 Å². The quantitative estimate of drug-likeness (QED) is 0.571. The van der Waals surface area contributed by atoms with Gasteiger partial charge in [-0.15, -0.1) is 0 Å². The van der Waals surface area contributed by atoms with E-state index in [0.29, 0.717) is 13.1 Å². The van der Waals surface area contributed by atoms with E-state index in [1.807, 2.05) is 11.6 Å². The van der Waals surface area contributed by atoms with Crippen LogP contribution in [0.15, 0.2) is 0 Å². The van der Waals surface area contributed by atoms with E-state index in [-0.39, 0.29) is 5.92 Å². The van der Waals surface area contributed by atoms with E-state index < -0.39 is 34.5 Å². The number of hydrogen-bond acceptors (Lipinski definition) is 4. The van der Waals surface area contributed by atoms with Crippen LogP contribution in [0.2, 0.25) is 0 Å². The summed E-state index contributed by atoms with van der Waals surface area (Å²) in [5.41, 5.74) is 4.90. The first-order chi connectivity index (χ1) is 8.72. The summed E-state index contributed by atoms with van der Waals surface area (Å²) < 4.78 is 27.3. The summed E-state index contributed by atoms with van der Waals surface area (Å²) in [7, 11) is -3.91. The number of rotatable bonds is 6. The van der Waals surface area contributed by atoms with Crippen LogP contribution < -0.4 is 10.5 Å². The Bertz CT molecular complexity index is 450. The molecule has 0 spiro atoms. The van der Waals surface area contributed by atoms with Crippen molar-refractivity contribution in [1.29, 1.82) is 0 Å². The van der Waals surface area contributed by atoms with Gasteiger partial charge in [-0.3, -0.25) is 9.59 Å². The number of carbonyl (C=O) groups excluding carboxylic acids is 1. The maximum absolute atomic E-state index is 12.0. The van der Waals surface area contributed by atoms with Gasteiger partial charge >= 0.3 is 5.97 Å². The molecule has 0 aromatic rings. The first-order valence-electron chi connectivity index (χ1n) is 6.01.